The Balaban J connectivity index is 1.04. The number of hydrogen-bond acceptors (Lipinski definition) is 11. The fourth-order valence-electron chi connectivity index (χ4n) is 7.80. The van der Waals surface area contributed by atoms with Gasteiger partial charge in [0.25, 0.3) is 0 Å². The van der Waals surface area contributed by atoms with Gasteiger partial charge in [0.05, 0.1) is 51.4 Å². The van der Waals surface area contributed by atoms with Gasteiger partial charge in [0.15, 0.2) is 0 Å². The van der Waals surface area contributed by atoms with Crippen molar-refractivity contribution >= 4 is 29.7 Å². The number of nitrogens with one attached hydrogen (secondary N) is 4. The number of ether oxygens (including phenoxy) is 4. The molecule has 54 heavy (non-hydrogen) atoms. The molecule has 3 aromatic rings. The Morgan fingerprint density at radius 3 is 1.76 bits per heavy atom. The lowest BCUT2D eigenvalue weighted by molar-refractivity contribution is -0.136. The van der Waals surface area contributed by atoms with Crippen molar-refractivity contribution < 1.29 is 38.1 Å². The van der Waals surface area contributed by atoms with E-state index in [1.807, 2.05) is 6.20 Å². The minimum absolute atomic E-state index is 0.0353. The van der Waals surface area contributed by atoms with Crippen LogP contribution in [0.1, 0.15) is 73.9 Å². The van der Waals surface area contributed by atoms with E-state index in [1.54, 1.807) is 16.0 Å². The van der Waals surface area contributed by atoms with Gasteiger partial charge in [-0.25, -0.2) is 19.6 Å². The van der Waals surface area contributed by atoms with Crippen molar-refractivity contribution in [1.29, 1.82) is 0 Å². The number of alkyl carbamates (subject to hydrolysis) is 2. The normalized spacial score (nSPS) is 20.1. The van der Waals surface area contributed by atoms with Crippen molar-refractivity contribution in [3.8, 4) is 11.3 Å². The molecule has 0 aliphatic carbocycles. The van der Waals surface area contributed by atoms with Crippen LogP contribution in [0.25, 0.3) is 11.3 Å². The number of benzene rings is 1. The molecule has 4 atom stereocenters. The van der Waals surface area contributed by atoms with Gasteiger partial charge in [0, 0.05) is 63.9 Å². The Morgan fingerprint density at radius 2 is 1.24 bits per heavy atom. The van der Waals surface area contributed by atoms with Crippen LogP contribution < -0.4 is 15.5 Å². The number of likely N-dealkylation sites (tertiary alicyclic amines) is 2. The first-order chi connectivity index (χ1) is 26.2. The average molecular weight is 750 g/mol. The third-order valence-electron chi connectivity index (χ3n) is 10.6. The standard InChI is InChI=1S/C37H51N9O8/c1-51-21-28(42-36(49)53-3)34(47)45-15-5-7-30(45)32-38-19-26(40-32)23-9-11-25(12-10-23)44-17-13-24(14-18-44)27-20-39-33(41-27)31-8-6-16-46(31)35(48)29(22-52-2)43-37(50)54-4/h9-12,19-20,24,28-31H,5-8,13-18,21-22H2,1-4H3,(H,38,40)(H,39,41)(H,42,49)(H,43,50)/t28-,29+,30-,31-/m0/s1. The first kappa shape index (κ1) is 38.6. The van der Waals surface area contributed by atoms with Crippen molar-refractivity contribution in [2.24, 2.45) is 0 Å². The molecule has 3 aliphatic heterocycles. The Bertz CT molecular complexity index is 1740. The Hall–Kier alpha value is -5.16. The van der Waals surface area contributed by atoms with E-state index in [-0.39, 0.29) is 37.1 Å². The molecule has 0 saturated carbocycles. The summed E-state index contributed by atoms with van der Waals surface area (Å²) in [5, 5.41) is 5.16. The molecule has 0 radical (unpaired) electrons. The summed E-state index contributed by atoms with van der Waals surface area (Å²) in [6, 6.07) is 6.29. The SMILES string of the molecule is COC[C@H](NC(=O)OC)C(=O)N1CCC[C@H]1c1ncc(-c2ccc(N3CCC(c4cnc([C@@H]5CCCN5C(=O)[C@@H](COC)NC(=O)OC)[nH]4)CC3)cc2)[nH]1. The monoisotopic (exact) mass is 749 g/mol. The van der Waals surface area contributed by atoms with Gasteiger partial charge >= 0.3 is 12.2 Å². The number of nitrogens with zero attached hydrogens (tertiary/aromatic N) is 5. The highest BCUT2D eigenvalue weighted by Crippen LogP contribution is 2.36. The summed E-state index contributed by atoms with van der Waals surface area (Å²) >= 11 is 0. The molecule has 17 nitrogen and oxygen atoms in total. The van der Waals surface area contributed by atoms with E-state index in [0.717, 1.165) is 80.1 Å². The fourth-order valence-corrected chi connectivity index (χ4v) is 7.80. The summed E-state index contributed by atoms with van der Waals surface area (Å²) in [5.41, 5.74) is 4.07. The summed E-state index contributed by atoms with van der Waals surface area (Å²) in [6.07, 6.45) is 7.46. The smallest absolute Gasteiger partial charge is 0.407 e. The van der Waals surface area contributed by atoms with Crippen LogP contribution >= 0.6 is 0 Å². The van der Waals surface area contributed by atoms with Crippen LogP contribution in [0.15, 0.2) is 36.7 Å². The molecule has 0 spiro atoms. The molecule has 6 rings (SSSR count). The molecule has 4 amide bonds. The molecular weight excluding hydrogens is 698 g/mol. The second-order valence-electron chi connectivity index (χ2n) is 13.9. The van der Waals surface area contributed by atoms with E-state index in [2.05, 4.69) is 54.8 Å². The largest absolute Gasteiger partial charge is 0.453 e. The molecule has 292 valence electrons. The number of amides is 4. The zero-order chi connectivity index (χ0) is 38.2. The Morgan fingerprint density at radius 1 is 0.722 bits per heavy atom. The first-order valence-corrected chi connectivity index (χ1v) is 18.5. The summed E-state index contributed by atoms with van der Waals surface area (Å²) in [4.78, 5) is 72.7. The van der Waals surface area contributed by atoms with Gasteiger partial charge in [-0.3, -0.25) is 9.59 Å². The molecule has 3 fully saturated rings. The maximum absolute atomic E-state index is 13.4. The number of carbonyl (C=O) groups excluding carboxylic acids is 4. The zero-order valence-electron chi connectivity index (χ0n) is 31.3. The molecule has 0 bridgehead atoms. The van der Waals surface area contributed by atoms with Crippen molar-refractivity contribution in [1.82, 2.24) is 40.4 Å². The summed E-state index contributed by atoms with van der Waals surface area (Å²) in [6.45, 7) is 2.99. The number of aromatic amines is 2. The number of H-pyrrole nitrogens is 2. The highest BCUT2D eigenvalue weighted by molar-refractivity contribution is 5.87. The number of hydrogen-bond donors (Lipinski definition) is 4. The number of piperidine rings is 1. The molecule has 0 unspecified atom stereocenters. The molecule has 3 saturated heterocycles. The molecule has 3 aliphatic rings. The fraction of sp³-hybridized carbons (Fsp3) is 0.568. The third-order valence-corrected chi connectivity index (χ3v) is 10.6. The van der Waals surface area contributed by atoms with Crippen molar-refractivity contribution in [2.75, 3.05) is 72.7 Å². The maximum Gasteiger partial charge on any atom is 0.407 e. The summed E-state index contributed by atoms with van der Waals surface area (Å²) in [5.74, 6) is 1.34. The van der Waals surface area contributed by atoms with Crippen LogP contribution in [-0.2, 0) is 28.5 Å². The van der Waals surface area contributed by atoms with E-state index in [9.17, 15) is 19.2 Å². The number of aromatic nitrogens is 4. The van der Waals surface area contributed by atoms with Crippen molar-refractivity contribution in [3.63, 3.8) is 0 Å². The van der Waals surface area contributed by atoms with E-state index in [0.29, 0.717) is 24.8 Å². The summed E-state index contributed by atoms with van der Waals surface area (Å²) in [7, 11) is 5.49. The van der Waals surface area contributed by atoms with Gasteiger partial charge in [-0.2, -0.15) is 0 Å². The Kier molecular flexibility index (Phi) is 12.7. The van der Waals surface area contributed by atoms with Crippen molar-refractivity contribution in [3.05, 3.63) is 54.0 Å². The van der Waals surface area contributed by atoms with E-state index < -0.39 is 24.3 Å². The molecule has 2 aromatic heterocycles. The predicted molar refractivity (Wildman–Crippen MR) is 197 cm³/mol. The predicted octanol–water partition coefficient (Wildman–Crippen LogP) is 3.25. The lowest BCUT2D eigenvalue weighted by atomic mass is 9.93. The van der Waals surface area contributed by atoms with Crippen LogP contribution in [0.2, 0.25) is 0 Å². The van der Waals surface area contributed by atoms with Gasteiger partial charge < -0.3 is 54.2 Å². The van der Waals surface area contributed by atoms with E-state index in [4.69, 9.17) is 23.9 Å². The lowest BCUT2D eigenvalue weighted by Crippen LogP contribution is -2.50. The van der Waals surface area contributed by atoms with Crippen LogP contribution in [0.4, 0.5) is 15.3 Å². The second-order valence-corrected chi connectivity index (χ2v) is 13.9. The minimum Gasteiger partial charge on any atom is -0.453 e. The maximum atomic E-state index is 13.4. The number of anilines is 1. The number of imidazole rings is 2. The van der Waals surface area contributed by atoms with Gasteiger partial charge in [0.2, 0.25) is 11.8 Å². The zero-order valence-corrected chi connectivity index (χ0v) is 31.3. The lowest BCUT2D eigenvalue weighted by Gasteiger charge is -2.33. The van der Waals surface area contributed by atoms with Gasteiger partial charge in [-0.1, -0.05) is 12.1 Å². The van der Waals surface area contributed by atoms with Crippen LogP contribution in [-0.4, -0.2) is 134 Å². The second kappa shape index (κ2) is 17.8. The van der Waals surface area contributed by atoms with Gasteiger partial charge in [0.1, 0.15) is 23.7 Å². The molecule has 4 N–H and O–H groups in total. The average Bonchev–Trinajstić information content (AvgIpc) is 4.04. The van der Waals surface area contributed by atoms with E-state index >= 15 is 0 Å². The third kappa shape index (κ3) is 8.62. The minimum atomic E-state index is -0.856. The van der Waals surface area contributed by atoms with Crippen molar-refractivity contribution in [2.45, 2.75) is 68.6 Å². The van der Waals surface area contributed by atoms with Crippen LogP contribution in [0.5, 0.6) is 0 Å². The van der Waals surface area contributed by atoms with Gasteiger partial charge in [-0.15, -0.1) is 0 Å². The number of methoxy groups -OCH3 is 4. The van der Waals surface area contributed by atoms with Crippen LogP contribution in [0.3, 0.4) is 0 Å². The highest BCUT2D eigenvalue weighted by atomic mass is 16.5. The number of carbonyl (C=O) groups is 4. The molecule has 5 heterocycles. The topological polar surface area (TPSA) is 196 Å². The Labute approximate surface area is 314 Å². The molecule has 17 heteroatoms. The van der Waals surface area contributed by atoms with E-state index in [1.165, 1.54) is 28.4 Å². The quantitative estimate of drug-likeness (QED) is 0.200. The molecule has 1 aromatic carbocycles. The van der Waals surface area contributed by atoms with Gasteiger partial charge in [-0.05, 0) is 56.2 Å². The van der Waals surface area contributed by atoms with Crippen LogP contribution in [0, 0.1) is 0 Å². The first-order valence-electron chi connectivity index (χ1n) is 18.5. The molecular formula is C37H51N9O8. The highest BCUT2D eigenvalue weighted by Gasteiger charge is 2.38. The number of rotatable bonds is 13. The summed E-state index contributed by atoms with van der Waals surface area (Å²) < 4.78 is 19.8.